The first kappa shape index (κ1) is 28.2. The second-order valence-corrected chi connectivity index (χ2v) is 12.8. The highest BCUT2D eigenvalue weighted by Gasteiger charge is 2.50. The largest absolute Gasteiger partial charge is 0.396 e. The molecule has 1 spiro atoms. The van der Waals surface area contributed by atoms with Crippen molar-refractivity contribution >= 4 is 29.3 Å². The number of hydrogen-bond acceptors (Lipinski definition) is 6. The zero-order valence-corrected chi connectivity index (χ0v) is 24.0. The molecule has 0 radical (unpaired) electrons. The van der Waals surface area contributed by atoms with E-state index in [9.17, 15) is 19.1 Å². The van der Waals surface area contributed by atoms with Gasteiger partial charge in [-0.1, -0.05) is 51.0 Å². The van der Waals surface area contributed by atoms with Gasteiger partial charge in [-0.15, -0.1) is 0 Å². The number of nitrogens with zero attached hydrogens (tertiary/aromatic N) is 3. The Morgan fingerprint density at radius 3 is 2.71 bits per heavy atom. The lowest BCUT2D eigenvalue weighted by Crippen LogP contribution is -2.43. The van der Waals surface area contributed by atoms with Gasteiger partial charge in [0.05, 0.1) is 11.6 Å². The van der Waals surface area contributed by atoms with Crippen molar-refractivity contribution in [2.24, 2.45) is 21.7 Å². The molecule has 2 fully saturated rings. The predicted octanol–water partition coefficient (Wildman–Crippen LogP) is 5.78. The first-order valence-electron chi connectivity index (χ1n) is 14.6. The second-order valence-electron chi connectivity index (χ2n) is 12.8. The van der Waals surface area contributed by atoms with Gasteiger partial charge in [0.15, 0.2) is 5.82 Å². The molecule has 2 aliphatic carbocycles. The van der Waals surface area contributed by atoms with Crippen LogP contribution in [0, 0.1) is 22.6 Å². The van der Waals surface area contributed by atoms with Crippen LogP contribution in [0.5, 0.6) is 0 Å². The van der Waals surface area contributed by atoms with Crippen LogP contribution in [0.15, 0.2) is 53.7 Å². The Morgan fingerprint density at radius 1 is 1.19 bits per heavy atom. The van der Waals surface area contributed by atoms with Crippen LogP contribution in [-0.2, 0) is 4.79 Å². The van der Waals surface area contributed by atoms with E-state index in [4.69, 9.17) is 4.99 Å². The molecule has 0 saturated heterocycles. The molecule has 2 atom stereocenters. The lowest BCUT2D eigenvalue weighted by atomic mass is 9.63. The maximum Gasteiger partial charge on any atom is 0.269 e. The Bertz CT molecular complexity index is 1570. The molecule has 6 rings (SSSR count). The summed E-state index contributed by atoms with van der Waals surface area (Å²) in [6, 6.07) is 10.1. The third-order valence-corrected chi connectivity index (χ3v) is 9.00. The maximum absolute atomic E-state index is 13.8. The number of carbonyl (C=O) groups is 2. The summed E-state index contributed by atoms with van der Waals surface area (Å²) in [5, 5.41) is 19.8. The van der Waals surface area contributed by atoms with Crippen LogP contribution in [0.3, 0.4) is 0 Å². The number of Topliss-reactive ketones (excluding diaryl/α,β-unsaturated/α-hetero) is 1. The summed E-state index contributed by atoms with van der Waals surface area (Å²) < 4.78 is 13.7. The van der Waals surface area contributed by atoms with Crippen molar-refractivity contribution in [3.8, 4) is 11.1 Å². The molecule has 0 bridgehead atoms. The van der Waals surface area contributed by atoms with Crippen LogP contribution < -0.4 is 5.32 Å². The minimum atomic E-state index is -0.487. The summed E-state index contributed by atoms with van der Waals surface area (Å²) >= 11 is 0. The van der Waals surface area contributed by atoms with E-state index in [1.54, 1.807) is 12.3 Å². The summed E-state index contributed by atoms with van der Waals surface area (Å²) in [6.07, 6.45) is 11.1. The molecule has 9 heteroatoms. The lowest BCUT2D eigenvalue weighted by molar-refractivity contribution is -0.124. The number of amides is 1. The third kappa shape index (κ3) is 5.45. The SMILES string of the molecule is CC(C)(CO)CNC(=O)c1[nH]nc2c1C(/C=C/c1ccc(-c3cccc(F)c3)cn1)C1C(=O)CC3(CCCC3)CC1=N2. The minimum Gasteiger partial charge on any atom is -0.396 e. The molecule has 218 valence electrons. The van der Waals surface area contributed by atoms with E-state index in [-0.39, 0.29) is 41.8 Å². The van der Waals surface area contributed by atoms with Gasteiger partial charge >= 0.3 is 0 Å². The average Bonchev–Trinajstić information content (AvgIpc) is 3.61. The number of carbonyl (C=O) groups excluding carboxylic acids is 2. The van der Waals surface area contributed by atoms with Gasteiger partial charge in [-0.05, 0) is 54.5 Å². The van der Waals surface area contributed by atoms with Crippen molar-refractivity contribution in [2.75, 3.05) is 13.2 Å². The fraction of sp³-hybridized carbons (Fsp3) is 0.424. The van der Waals surface area contributed by atoms with Gasteiger partial charge < -0.3 is 10.4 Å². The molecule has 1 aliphatic heterocycles. The summed E-state index contributed by atoms with van der Waals surface area (Å²) in [4.78, 5) is 36.6. The highest BCUT2D eigenvalue weighted by molar-refractivity contribution is 6.11. The number of halogens is 1. The van der Waals surface area contributed by atoms with Crippen molar-refractivity contribution in [1.82, 2.24) is 20.5 Å². The predicted molar refractivity (Wildman–Crippen MR) is 159 cm³/mol. The van der Waals surface area contributed by atoms with Crippen molar-refractivity contribution in [3.63, 3.8) is 0 Å². The van der Waals surface area contributed by atoms with Gasteiger partial charge in [0.1, 0.15) is 17.3 Å². The summed E-state index contributed by atoms with van der Waals surface area (Å²) in [5.41, 5.74) is 3.44. The van der Waals surface area contributed by atoms with E-state index in [0.29, 0.717) is 23.5 Å². The number of aliphatic imine (C=N–C) groups is 1. The Balaban J connectivity index is 1.34. The molecular weight excluding hydrogens is 533 g/mol. The molecular formula is C33H36FN5O3. The molecule has 1 aromatic carbocycles. The van der Waals surface area contributed by atoms with Crippen LogP contribution in [0.2, 0.25) is 0 Å². The number of aromatic amines is 1. The van der Waals surface area contributed by atoms with Gasteiger partial charge in [0, 0.05) is 53.9 Å². The highest BCUT2D eigenvalue weighted by Crippen LogP contribution is 2.53. The highest BCUT2D eigenvalue weighted by atomic mass is 19.1. The van der Waals surface area contributed by atoms with Gasteiger partial charge in [-0.3, -0.25) is 19.7 Å². The van der Waals surface area contributed by atoms with E-state index in [1.165, 1.54) is 12.1 Å². The first-order chi connectivity index (χ1) is 20.2. The number of pyridine rings is 1. The zero-order chi connectivity index (χ0) is 29.5. The van der Waals surface area contributed by atoms with E-state index in [1.807, 2.05) is 44.2 Å². The van der Waals surface area contributed by atoms with Crippen molar-refractivity contribution in [3.05, 3.63) is 71.4 Å². The first-order valence-corrected chi connectivity index (χ1v) is 14.6. The monoisotopic (exact) mass is 569 g/mol. The molecule has 3 N–H and O–H groups in total. The smallest absolute Gasteiger partial charge is 0.269 e. The molecule has 3 aromatic rings. The number of aliphatic hydroxyl groups excluding tert-OH is 1. The Morgan fingerprint density at radius 2 is 2.00 bits per heavy atom. The fourth-order valence-electron chi connectivity index (χ4n) is 6.65. The van der Waals surface area contributed by atoms with Crippen LogP contribution in [0.4, 0.5) is 10.2 Å². The maximum atomic E-state index is 13.8. The van der Waals surface area contributed by atoms with Gasteiger partial charge in [-0.2, -0.15) is 5.10 Å². The molecule has 8 nitrogen and oxygen atoms in total. The molecule has 3 heterocycles. The standard InChI is InChI=1S/C33H36FN5O3/c1-32(2,19-40)18-36-31(42)29-28-24(11-10-23-9-8-21(17-35-23)20-6-5-7-22(34)14-20)27-25(37-30(28)39-38-29)15-33(16-26(27)41)12-3-4-13-33/h5-11,14,17,24,27,40H,3-4,12-13,15-16,18-19H2,1-2H3,(H,36,42)(H,38,39)/b11-10+. The van der Waals surface area contributed by atoms with E-state index in [2.05, 4.69) is 20.5 Å². The zero-order valence-electron chi connectivity index (χ0n) is 24.0. The third-order valence-electron chi connectivity index (χ3n) is 9.00. The fourth-order valence-corrected chi connectivity index (χ4v) is 6.65. The van der Waals surface area contributed by atoms with Crippen LogP contribution in [0.25, 0.3) is 17.2 Å². The number of nitrogens with one attached hydrogen (secondary N) is 2. The molecule has 1 amide bonds. The number of allylic oxidation sites excluding steroid dienone is 1. The van der Waals surface area contributed by atoms with Gasteiger partial charge in [0.25, 0.3) is 5.91 Å². The number of benzene rings is 1. The number of hydrogen-bond donors (Lipinski definition) is 3. The summed E-state index contributed by atoms with van der Waals surface area (Å²) in [7, 11) is 0. The molecule has 42 heavy (non-hydrogen) atoms. The normalized spacial score (nSPS) is 21.3. The van der Waals surface area contributed by atoms with Crippen LogP contribution in [0.1, 0.15) is 80.0 Å². The lowest BCUT2D eigenvalue weighted by Gasteiger charge is -2.41. The number of fused-ring (bicyclic) bond motifs is 2. The van der Waals surface area contributed by atoms with Crippen LogP contribution in [-0.4, -0.2) is 50.8 Å². The number of aliphatic hydroxyl groups is 1. The Kier molecular flexibility index (Phi) is 7.39. The number of aromatic nitrogens is 3. The minimum absolute atomic E-state index is 0.0150. The van der Waals surface area contributed by atoms with Crippen molar-refractivity contribution < 1.29 is 19.1 Å². The van der Waals surface area contributed by atoms with Gasteiger partial charge in [0.2, 0.25) is 0 Å². The second kappa shape index (κ2) is 11.0. The molecule has 2 unspecified atom stereocenters. The van der Waals surface area contributed by atoms with E-state index in [0.717, 1.165) is 48.9 Å². The molecule has 3 aliphatic rings. The Hall–Kier alpha value is -3.98. The van der Waals surface area contributed by atoms with Gasteiger partial charge in [-0.25, -0.2) is 9.38 Å². The van der Waals surface area contributed by atoms with E-state index >= 15 is 0 Å². The number of ketones is 1. The van der Waals surface area contributed by atoms with Crippen LogP contribution >= 0.6 is 0 Å². The quantitative estimate of drug-likeness (QED) is 0.333. The van der Waals surface area contributed by atoms with E-state index < -0.39 is 17.3 Å². The Labute approximate surface area is 244 Å². The topological polar surface area (TPSA) is 120 Å². The molecule has 2 saturated carbocycles. The number of H-pyrrole nitrogens is 1. The molecule has 2 aromatic heterocycles. The van der Waals surface area contributed by atoms with Crippen molar-refractivity contribution in [2.45, 2.75) is 58.3 Å². The summed E-state index contributed by atoms with van der Waals surface area (Å²) in [6.45, 7) is 3.93. The van der Waals surface area contributed by atoms with Crippen molar-refractivity contribution in [1.29, 1.82) is 0 Å². The number of rotatable bonds is 7. The summed E-state index contributed by atoms with van der Waals surface area (Å²) in [5.74, 6) is -0.961. The average molecular weight is 570 g/mol.